The number of hydrogen-bond donors (Lipinski definition) is 1. The molecule has 1 aromatic carbocycles. The van der Waals surface area contributed by atoms with E-state index < -0.39 is 0 Å². The summed E-state index contributed by atoms with van der Waals surface area (Å²) in [6.07, 6.45) is 5.52. The maximum absolute atomic E-state index is 4.55. The highest BCUT2D eigenvalue weighted by Crippen LogP contribution is 2.24. The van der Waals surface area contributed by atoms with Crippen molar-refractivity contribution in [3.8, 4) is 0 Å². The number of nitrogens with one attached hydrogen (secondary N) is 1. The van der Waals surface area contributed by atoms with Gasteiger partial charge in [0.05, 0.1) is 0 Å². The molecule has 3 nitrogen and oxygen atoms in total. The molecule has 1 aromatic heterocycles. The van der Waals surface area contributed by atoms with E-state index >= 15 is 0 Å². The van der Waals surface area contributed by atoms with Crippen LogP contribution in [-0.4, -0.2) is 15.4 Å². The van der Waals surface area contributed by atoms with Crippen LogP contribution in [0.3, 0.4) is 0 Å². The summed E-state index contributed by atoms with van der Waals surface area (Å²) in [4.78, 5) is 4.55. The molecule has 1 atom stereocenters. The zero-order valence-corrected chi connectivity index (χ0v) is 12.0. The second kappa shape index (κ2) is 5.70. The van der Waals surface area contributed by atoms with Crippen LogP contribution in [0.4, 0.5) is 5.13 Å². The van der Waals surface area contributed by atoms with Gasteiger partial charge in [-0.05, 0) is 36.8 Å². The quantitative estimate of drug-likeness (QED) is 0.927. The van der Waals surface area contributed by atoms with Gasteiger partial charge in [-0.1, -0.05) is 31.2 Å². The summed E-state index contributed by atoms with van der Waals surface area (Å²) in [5.41, 5.74) is 2.98. The number of aromatic nitrogens is 2. The SMILES string of the molecule is CCCc1nsc(NC2CCc3ccccc3C2)n1. The predicted octanol–water partition coefficient (Wildman–Crippen LogP) is 3.46. The molecule has 0 spiro atoms. The Labute approximate surface area is 118 Å². The lowest BCUT2D eigenvalue weighted by atomic mass is 9.88. The number of nitrogens with zero attached hydrogens (tertiary/aromatic N) is 2. The molecular formula is C15H19N3S. The van der Waals surface area contributed by atoms with Crippen LogP contribution in [0.1, 0.15) is 36.7 Å². The van der Waals surface area contributed by atoms with E-state index in [2.05, 4.69) is 45.9 Å². The average molecular weight is 273 g/mol. The van der Waals surface area contributed by atoms with Crippen LogP contribution < -0.4 is 5.32 Å². The van der Waals surface area contributed by atoms with Gasteiger partial charge in [0.1, 0.15) is 5.82 Å². The Bertz CT molecular complexity index is 550. The Morgan fingerprint density at radius 3 is 3.00 bits per heavy atom. The smallest absolute Gasteiger partial charge is 0.202 e. The van der Waals surface area contributed by atoms with Crippen molar-refractivity contribution >= 4 is 16.7 Å². The van der Waals surface area contributed by atoms with E-state index in [1.54, 1.807) is 0 Å². The van der Waals surface area contributed by atoms with Crippen molar-refractivity contribution in [2.75, 3.05) is 5.32 Å². The predicted molar refractivity (Wildman–Crippen MR) is 79.8 cm³/mol. The maximum Gasteiger partial charge on any atom is 0.202 e. The average Bonchev–Trinajstić information content (AvgIpc) is 2.86. The van der Waals surface area contributed by atoms with Gasteiger partial charge in [0.25, 0.3) is 0 Å². The standard InChI is InChI=1S/C15H19N3S/c1-2-5-14-17-15(19-18-14)16-13-9-8-11-6-3-4-7-12(11)10-13/h3-4,6-7,13H,2,5,8-10H2,1H3,(H,16,17,18). The van der Waals surface area contributed by atoms with Crippen LogP contribution in [0.15, 0.2) is 24.3 Å². The first-order valence-electron chi connectivity index (χ1n) is 7.01. The summed E-state index contributed by atoms with van der Waals surface area (Å²) < 4.78 is 4.38. The Kier molecular flexibility index (Phi) is 3.78. The third-order valence-electron chi connectivity index (χ3n) is 3.62. The van der Waals surface area contributed by atoms with Crippen molar-refractivity contribution in [1.29, 1.82) is 0 Å². The van der Waals surface area contributed by atoms with E-state index in [4.69, 9.17) is 0 Å². The van der Waals surface area contributed by atoms with E-state index in [1.165, 1.54) is 29.1 Å². The molecule has 4 heteroatoms. The fraction of sp³-hybridized carbons (Fsp3) is 0.467. The lowest BCUT2D eigenvalue weighted by Crippen LogP contribution is -2.27. The molecule has 0 radical (unpaired) electrons. The highest BCUT2D eigenvalue weighted by atomic mass is 32.1. The Balaban J connectivity index is 1.65. The minimum Gasteiger partial charge on any atom is -0.357 e. The van der Waals surface area contributed by atoms with Crippen LogP contribution in [0.25, 0.3) is 0 Å². The van der Waals surface area contributed by atoms with Gasteiger partial charge in [-0.25, -0.2) is 4.98 Å². The molecule has 3 rings (SSSR count). The first-order chi connectivity index (χ1) is 9.35. The van der Waals surface area contributed by atoms with E-state index in [9.17, 15) is 0 Å². The number of aryl methyl sites for hydroxylation is 2. The van der Waals surface area contributed by atoms with Gasteiger partial charge in [0.15, 0.2) is 0 Å². The minimum atomic E-state index is 0.498. The fourth-order valence-corrected chi connectivity index (χ4v) is 3.32. The molecule has 0 saturated heterocycles. The van der Waals surface area contributed by atoms with Crippen molar-refractivity contribution in [2.24, 2.45) is 0 Å². The second-order valence-corrected chi connectivity index (χ2v) is 5.87. The van der Waals surface area contributed by atoms with Gasteiger partial charge >= 0.3 is 0 Å². The molecule has 1 aliphatic carbocycles. The monoisotopic (exact) mass is 273 g/mol. The van der Waals surface area contributed by atoms with Crippen molar-refractivity contribution in [2.45, 2.75) is 45.1 Å². The van der Waals surface area contributed by atoms with Crippen LogP contribution in [-0.2, 0) is 19.3 Å². The van der Waals surface area contributed by atoms with Gasteiger partial charge in [0.2, 0.25) is 5.13 Å². The van der Waals surface area contributed by atoms with Crippen LogP contribution in [0.2, 0.25) is 0 Å². The van der Waals surface area contributed by atoms with E-state index in [0.29, 0.717) is 6.04 Å². The summed E-state index contributed by atoms with van der Waals surface area (Å²) >= 11 is 1.49. The molecular weight excluding hydrogens is 254 g/mol. The summed E-state index contributed by atoms with van der Waals surface area (Å²) in [5.74, 6) is 0.978. The molecule has 0 aliphatic heterocycles. The Morgan fingerprint density at radius 2 is 2.16 bits per heavy atom. The lowest BCUT2D eigenvalue weighted by Gasteiger charge is -2.24. The molecule has 1 N–H and O–H groups in total. The molecule has 0 fully saturated rings. The topological polar surface area (TPSA) is 37.8 Å². The van der Waals surface area contributed by atoms with Gasteiger partial charge < -0.3 is 5.32 Å². The zero-order valence-electron chi connectivity index (χ0n) is 11.2. The number of anilines is 1. The second-order valence-electron chi connectivity index (χ2n) is 5.12. The van der Waals surface area contributed by atoms with E-state index in [-0.39, 0.29) is 0 Å². The highest BCUT2D eigenvalue weighted by molar-refractivity contribution is 7.09. The Hall–Kier alpha value is -1.42. The van der Waals surface area contributed by atoms with Crippen molar-refractivity contribution in [1.82, 2.24) is 9.36 Å². The Morgan fingerprint density at radius 1 is 1.32 bits per heavy atom. The maximum atomic E-state index is 4.55. The molecule has 19 heavy (non-hydrogen) atoms. The van der Waals surface area contributed by atoms with Crippen LogP contribution >= 0.6 is 11.5 Å². The number of hydrogen-bond acceptors (Lipinski definition) is 4. The first kappa shape index (κ1) is 12.6. The lowest BCUT2D eigenvalue weighted by molar-refractivity contribution is 0.610. The fourth-order valence-electron chi connectivity index (χ4n) is 2.63. The summed E-state index contributed by atoms with van der Waals surface area (Å²) in [7, 11) is 0. The highest BCUT2D eigenvalue weighted by Gasteiger charge is 2.19. The van der Waals surface area contributed by atoms with E-state index in [0.717, 1.165) is 36.6 Å². The summed E-state index contributed by atoms with van der Waals surface area (Å²) in [6.45, 7) is 2.16. The van der Waals surface area contributed by atoms with Crippen molar-refractivity contribution < 1.29 is 0 Å². The van der Waals surface area contributed by atoms with Crippen molar-refractivity contribution in [3.05, 3.63) is 41.2 Å². The molecule has 1 heterocycles. The zero-order chi connectivity index (χ0) is 13.1. The molecule has 1 aliphatic rings. The first-order valence-corrected chi connectivity index (χ1v) is 7.78. The minimum absolute atomic E-state index is 0.498. The molecule has 100 valence electrons. The van der Waals surface area contributed by atoms with Gasteiger partial charge in [0, 0.05) is 24.0 Å². The summed E-state index contributed by atoms with van der Waals surface area (Å²) in [5, 5.41) is 4.52. The van der Waals surface area contributed by atoms with Gasteiger partial charge in [-0.15, -0.1) is 0 Å². The molecule has 2 aromatic rings. The van der Waals surface area contributed by atoms with Crippen LogP contribution in [0, 0.1) is 0 Å². The third-order valence-corrected chi connectivity index (χ3v) is 4.30. The van der Waals surface area contributed by atoms with Crippen LogP contribution in [0.5, 0.6) is 0 Å². The molecule has 0 bridgehead atoms. The van der Waals surface area contributed by atoms with E-state index in [1.807, 2.05) is 0 Å². The molecule has 0 amide bonds. The molecule has 0 saturated carbocycles. The van der Waals surface area contributed by atoms with Gasteiger partial charge in [-0.2, -0.15) is 4.37 Å². The largest absolute Gasteiger partial charge is 0.357 e. The molecule has 1 unspecified atom stereocenters. The van der Waals surface area contributed by atoms with Gasteiger partial charge in [-0.3, -0.25) is 0 Å². The number of fused-ring (bicyclic) bond motifs is 1. The normalized spacial score (nSPS) is 18.1. The number of benzene rings is 1. The van der Waals surface area contributed by atoms with Crippen molar-refractivity contribution in [3.63, 3.8) is 0 Å². The number of rotatable bonds is 4. The third kappa shape index (κ3) is 2.95. The summed E-state index contributed by atoms with van der Waals surface area (Å²) in [6, 6.07) is 9.25.